The first kappa shape index (κ1) is 13.2. The van der Waals surface area contributed by atoms with E-state index in [0.29, 0.717) is 11.1 Å². The second kappa shape index (κ2) is 5.48. The van der Waals surface area contributed by atoms with Gasteiger partial charge in [0.15, 0.2) is 5.78 Å². The predicted octanol–water partition coefficient (Wildman–Crippen LogP) is 1.66. The molecule has 17 heavy (non-hydrogen) atoms. The largest absolute Gasteiger partial charge is 0.508 e. The van der Waals surface area contributed by atoms with E-state index >= 15 is 0 Å². The van der Waals surface area contributed by atoms with E-state index in [9.17, 15) is 14.7 Å². The maximum atomic E-state index is 11.7. The van der Waals surface area contributed by atoms with Crippen LogP contribution >= 0.6 is 0 Å². The van der Waals surface area contributed by atoms with Crippen LogP contribution in [0.2, 0.25) is 0 Å². The van der Waals surface area contributed by atoms with Gasteiger partial charge < -0.3 is 10.4 Å². The van der Waals surface area contributed by atoms with E-state index in [2.05, 4.69) is 5.32 Å². The van der Waals surface area contributed by atoms with Crippen molar-refractivity contribution in [3.05, 3.63) is 29.3 Å². The molecule has 0 saturated carbocycles. The van der Waals surface area contributed by atoms with Gasteiger partial charge in [-0.15, -0.1) is 0 Å². The van der Waals surface area contributed by atoms with E-state index in [1.807, 2.05) is 0 Å². The third-order valence-corrected chi connectivity index (χ3v) is 2.53. The Hall–Kier alpha value is -1.84. The molecule has 0 aromatic heterocycles. The van der Waals surface area contributed by atoms with Gasteiger partial charge in [0.2, 0.25) is 0 Å². The quantitative estimate of drug-likeness (QED) is 0.834. The normalized spacial score (nSPS) is 10.4. The number of rotatable bonds is 4. The van der Waals surface area contributed by atoms with E-state index in [-0.39, 0.29) is 29.9 Å². The van der Waals surface area contributed by atoms with Crippen LogP contribution in [-0.2, 0) is 4.79 Å². The minimum atomic E-state index is -0.304. The van der Waals surface area contributed by atoms with Crippen molar-refractivity contribution >= 4 is 11.7 Å². The van der Waals surface area contributed by atoms with Crippen molar-refractivity contribution in [1.82, 2.24) is 5.32 Å². The zero-order valence-corrected chi connectivity index (χ0v) is 10.3. The molecule has 4 heteroatoms. The summed E-state index contributed by atoms with van der Waals surface area (Å²) in [4.78, 5) is 23.0. The summed E-state index contributed by atoms with van der Waals surface area (Å²) in [5.74, 6) is -0.243. The molecule has 0 radical (unpaired) electrons. The topological polar surface area (TPSA) is 66.4 Å². The first-order valence-corrected chi connectivity index (χ1v) is 5.52. The number of Topliss-reactive ketones (excluding diaryl/α,β-unsaturated/α-hetero) is 1. The Labute approximate surface area is 101 Å². The van der Waals surface area contributed by atoms with Gasteiger partial charge in [0.1, 0.15) is 5.75 Å². The van der Waals surface area contributed by atoms with Crippen molar-refractivity contribution in [1.29, 1.82) is 0 Å². The number of nitrogens with one attached hydrogen (secondary N) is 1. The third kappa shape index (κ3) is 3.59. The molecule has 0 heterocycles. The minimum absolute atomic E-state index is 0.00569. The van der Waals surface area contributed by atoms with Gasteiger partial charge in [-0.1, -0.05) is 13.8 Å². The molecule has 0 aliphatic heterocycles. The number of phenols is 1. The number of aromatic hydroxyl groups is 1. The minimum Gasteiger partial charge on any atom is -0.508 e. The van der Waals surface area contributed by atoms with Crippen LogP contribution in [-0.4, -0.2) is 23.3 Å². The highest BCUT2D eigenvalue weighted by molar-refractivity contribution is 5.97. The number of phenolic OH excluding ortho intramolecular Hbond substituents is 1. The summed E-state index contributed by atoms with van der Waals surface area (Å²) in [6.45, 7) is 5.33. The van der Waals surface area contributed by atoms with Crippen LogP contribution in [0.3, 0.4) is 0 Å². The first-order valence-electron chi connectivity index (χ1n) is 5.52. The van der Waals surface area contributed by atoms with Gasteiger partial charge in [-0.25, -0.2) is 0 Å². The van der Waals surface area contributed by atoms with E-state index < -0.39 is 0 Å². The van der Waals surface area contributed by atoms with Gasteiger partial charge in [0.25, 0.3) is 5.91 Å². The average molecular weight is 235 g/mol. The van der Waals surface area contributed by atoms with Crippen LogP contribution in [0.5, 0.6) is 5.75 Å². The smallest absolute Gasteiger partial charge is 0.251 e. The highest BCUT2D eigenvalue weighted by Crippen LogP contribution is 2.16. The molecule has 4 nitrogen and oxygen atoms in total. The highest BCUT2D eigenvalue weighted by atomic mass is 16.3. The lowest BCUT2D eigenvalue weighted by Crippen LogP contribution is -2.31. The Kier molecular flexibility index (Phi) is 4.26. The molecule has 2 N–H and O–H groups in total. The summed E-state index contributed by atoms with van der Waals surface area (Å²) in [7, 11) is 0. The molecule has 1 aromatic carbocycles. The number of benzene rings is 1. The Bertz CT molecular complexity index is 438. The Balaban J connectivity index is 2.64. The van der Waals surface area contributed by atoms with E-state index in [1.165, 1.54) is 12.1 Å². The van der Waals surface area contributed by atoms with Crippen LogP contribution in [0.15, 0.2) is 18.2 Å². The zero-order chi connectivity index (χ0) is 13.0. The van der Waals surface area contributed by atoms with E-state index in [4.69, 9.17) is 0 Å². The number of ketones is 1. The lowest BCUT2D eigenvalue weighted by Gasteiger charge is -2.07. The number of carbonyl (C=O) groups is 2. The summed E-state index contributed by atoms with van der Waals surface area (Å²) in [5.41, 5.74) is 1.07. The van der Waals surface area contributed by atoms with Crippen LogP contribution in [0.4, 0.5) is 0 Å². The summed E-state index contributed by atoms with van der Waals surface area (Å²) in [6.07, 6.45) is 0. The van der Waals surface area contributed by atoms with Crippen LogP contribution in [0, 0.1) is 12.8 Å². The fraction of sp³-hybridized carbons (Fsp3) is 0.385. The molecular formula is C13H17NO3. The van der Waals surface area contributed by atoms with Gasteiger partial charge in [0, 0.05) is 11.5 Å². The molecule has 1 amide bonds. The van der Waals surface area contributed by atoms with Crippen molar-refractivity contribution in [2.45, 2.75) is 20.8 Å². The summed E-state index contributed by atoms with van der Waals surface area (Å²) in [6, 6.07) is 4.58. The molecule has 0 fully saturated rings. The second-order valence-corrected chi connectivity index (χ2v) is 4.30. The number of hydrogen-bond acceptors (Lipinski definition) is 3. The van der Waals surface area contributed by atoms with Crippen LogP contribution in [0.1, 0.15) is 29.8 Å². The number of carbonyl (C=O) groups excluding carboxylic acids is 2. The van der Waals surface area contributed by atoms with Crippen molar-refractivity contribution in [2.24, 2.45) is 5.92 Å². The molecule has 1 rings (SSSR count). The molecular weight excluding hydrogens is 218 g/mol. The molecule has 0 bridgehead atoms. The monoisotopic (exact) mass is 235 g/mol. The van der Waals surface area contributed by atoms with Gasteiger partial charge in [-0.05, 0) is 30.7 Å². The summed E-state index contributed by atoms with van der Waals surface area (Å²) < 4.78 is 0. The number of aryl methyl sites for hydroxylation is 1. The SMILES string of the molecule is Cc1cc(C(=O)NCC(=O)C(C)C)ccc1O. The summed E-state index contributed by atoms with van der Waals surface area (Å²) in [5, 5.41) is 11.9. The standard InChI is InChI=1S/C13H17NO3/c1-8(2)12(16)7-14-13(17)10-4-5-11(15)9(3)6-10/h4-6,8,15H,7H2,1-3H3,(H,14,17). The van der Waals surface area contributed by atoms with Crippen LogP contribution < -0.4 is 5.32 Å². The van der Waals surface area contributed by atoms with Gasteiger partial charge in [-0.2, -0.15) is 0 Å². The summed E-state index contributed by atoms with van der Waals surface area (Å²) >= 11 is 0. The lowest BCUT2D eigenvalue weighted by atomic mass is 10.1. The van der Waals surface area contributed by atoms with Crippen molar-refractivity contribution in [3.8, 4) is 5.75 Å². The predicted molar refractivity (Wildman–Crippen MR) is 65.0 cm³/mol. The molecule has 0 unspecified atom stereocenters. The third-order valence-electron chi connectivity index (χ3n) is 2.53. The lowest BCUT2D eigenvalue weighted by molar-refractivity contribution is -0.120. The number of amides is 1. The average Bonchev–Trinajstić information content (AvgIpc) is 2.28. The Morgan fingerprint density at radius 3 is 2.53 bits per heavy atom. The highest BCUT2D eigenvalue weighted by Gasteiger charge is 2.11. The zero-order valence-electron chi connectivity index (χ0n) is 10.3. The maximum absolute atomic E-state index is 11.7. The van der Waals surface area contributed by atoms with Crippen molar-refractivity contribution in [3.63, 3.8) is 0 Å². The fourth-order valence-corrected chi connectivity index (χ4v) is 1.27. The first-order chi connectivity index (χ1) is 7.91. The molecule has 0 aliphatic carbocycles. The molecule has 0 aliphatic rings. The van der Waals surface area contributed by atoms with Gasteiger partial charge in [0.05, 0.1) is 6.54 Å². The van der Waals surface area contributed by atoms with Gasteiger partial charge >= 0.3 is 0 Å². The maximum Gasteiger partial charge on any atom is 0.251 e. The second-order valence-electron chi connectivity index (χ2n) is 4.30. The van der Waals surface area contributed by atoms with Gasteiger partial charge in [-0.3, -0.25) is 9.59 Å². The fourth-order valence-electron chi connectivity index (χ4n) is 1.27. The molecule has 1 aromatic rings. The van der Waals surface area contributed by atoms with E-state index in [1.54, 1.807) is 26.8 Å². The van der Waals surface area contributed by atoms with E-state index in [0.717, 1.165) is 0 Å². The van der Waals surface area contributed by atoms with Crippen molar-refractivity contribution < 1.29 is 14.7 Å². The van der Waals surface area contributed by atoms with Crippen molar-refractivity contribution in [2.75, 3.05) is 6.54 Å². The molecule has 0 atom stereocenters. The Morgan fingerprint density at radius 2 is 2.00 bits per heavy atom. The Morgan fingerprint density at radius 1 is 1.35 bits per heavy atom. The van der Waals surface area contributed by atoms with Crippen LogP contribution in [0.25, 0.3) is 0 Å². The molecule has 92 valence electrons. The number of hydrogen-bond donors (Lipinski definition) is 2. The molecule has 0 saturated heterocycles. The molecule has 0 spiro atoms.